The molecule has 1 heterocycles. The molecule has 3 aromatic carbocycles. The van der Waals surface area contributed by atoms with Crippen molar-refractivity contribution in [2.24, 2.45) is 5.73 Å². The Morgan fingerprint density at radius 2 is 1.59 bits per heavy atom. The molecule has 0 aromatic heterocycles. The van der Waals surface area contributed by atoms with Gasteiger partial charge in [-0.2, -0.15) is 4.31 Å². The second-order valence-electron chi connectivity index (χ2n) is 9.43. The molecule has 12 heteroatoms. The summed E-state index contributed by atoms with van der Waals surface area (Å²) in [4.78, 5) is 27.6. The number of rotatable bonds is 12. The van der Waals surface area contributed by atoms with E-state index < -0.39 is 33.3 Å². The van der Waals surface area contributed by atoms with Crippen molar-refractivity contribution in [3.63, 3.8) is 0 Å². The Morgan fingerprint density at radius 1 is 1.00 bits per heavy atom. The standard InChI is InChI=1S/C29H32FN3O7S/c1-3-32(4-2)17-18-39-24-11-14-26-20(19-24)15-16-33(29(26,27(31)34)28(35)36)41(37,38)25-12-9-23(10-13-25)40-22-7-5-21(30)6-8-22/h5-14,19H,3-4,15-18H2,1-2H3,(H2,31,34)(H,35,36). The number of carboxylic acids is 1. The number of ether oxygens (including phenoxy) is 2. The third-order valence-corrected chi connectivity index (χ3v) is 9.03. The van der Waals surface area contributed by atoms with Crippen LogP contribution < -0.4 is 15.2 Å². The van der Waals surface area contributed by atoms with Gasteiger partial charge in [-0.1, -0.05) is 19.9 Å². The highest BCUT2D eigenvalue weighted by atomic mass is 32.2. The molecule has 0 saturated heterocycles. The molecule has 0 spiro atoms. The minimum atomic E-state index is -4.53. The predicted octanol–water partition coefficient (Wildman–Crippen LogP) is 3.35. The van der Waals surface area contributed by atoms with Crippen molar-refractivity contribution in [2.75, 3.05) is 32.8 Å². The topological polar surface area (TPSA) is 139 Å². The summed E-state index contributed by atoms with van der Waals surface area (Å²) in [5.74, 6) is -2.39. The Hall–Kier alpha value is -4.00. The van der Waals surface area contributed by atoms with E-state index in [2.05, 4.69) is 4.90 Å². The zero-order valence-electron chi connectivity index (χ0n) is 22.7. The van der Waals surface area contributed by atoms with E-state index in [0.29, 0.717) is 34.5 Å². The summed E-state index contributed by atoms with van der Waals surface area (Å²) in [6.07, 6.45) is 0.135. The molecule has 4 rings (SSSR count). The van der Waals surface area contributed by atoms with E-state index in [1.54, 1.807) is 6.07 Å². The summed E-state index contributed by atoms with van der Waals surface area (Å²) in [6, 6.07) is 15.0. The van der Waals surface area contributed by atoms with Crippen molar-refractivity contribution in [1.82, 2.24) is 9.21 Å². The molecular weight excluding hydrogens is 553 g/mol. The van der Waals surface area contributed by atoms with Crippen LogP contribution >= 0.6 is 0 Å². The van der Waals surface area contributed by atoms with Crippen LogP contribution in [-0.4, -0.2) is 67.4 Å². The van der Waals surface area contributed by atoms with Crippen LogP contribution in [0.3, 0.4) is 0 Å². The molecule has 0 fully saturated rings. The van der Waals surface area contributed by atoms with Gasteiger partial charge in [0.05, 0.1) is 4.90 Å². The maximum Gasteiger partial charge on any atom is 0.339 e. The van der Waals surface area contributed by atoms with Crippen LogP contribution in [0.25, 0.3) is 0 Å². The molecule has 1 atom stereocenters. The van der Waals surface area contributed by atoms with E-state index in [1.807, 2.05) is 13.8 Å². The molecule has 0 bridgehead atoms. The van der Waals surface area contributed by atoms with Gasteiger partial charge in [-0.05, 0) is 91.3 Å². The normalized spacial score (nSPS) is 17.2. The zero-order chi connectivity index (χ0) is 29.8. The molecule has 3 aromatic rings. The molecule has 218 valence electrons. The minimum absolute atomic E-state index is 0.0281. The number of benzene rings is 3. The molecule has 0 saturated carbocycles. The number of carbonyl (C=O) groups is 2. The second-order valence-corrected chi connectivity index (χ2v) is 11.3. The van der Waals surface area contributed by atoms with Gasteiger partial charge in [0.15, 0.2) is 0 Å². The molecule has 3 N–H and O–H groups in total. The predicted molar refractivity (Wildman–Crippen MR) is 149 cm³/mol. The van der Waals surface area contributed by atoms with E-state index in [1.165, 1.54) is 60.7 Å². The third kappa shape index (κ3) is 5.90. The summed E-state index contributed by atoms with van der Waals surface area (Å²) in [5, 5.41) is 10.4. The first kappa shape index (κ1) is 30.0. The number of carboxylic acid groups (broad SMARTS) is 1. The van der Waals surface area contributed by atoms with Crippen molar-refractivity contribution < 1.29 is 37.0 Å². The van der Waals surface area contributed by atoms with Crippen molar-refractivity contribution in [1.29, 1.82) is 0 Å². The molecular formula is C29H32FN3O7S. The van der Waals surface area contributed by atoms with Gasteiger partial charge in [0, 0.05) is 13.1 Å². The van der Waals surface area contributed by atoms with Crippen molar-refractivity contribution >= 4 is 21.9 Å². The number of hydrogen-bond donors (Lipinski definition) is 2. The molecule has 41 heavy (non-hydrogen) atoms. The highest BCUT2D eigenvalue weighted by Gasteiger charge is 2.59. The van der Waals surface area contributed by atoms with Crippen LogP contribution in [0.2, 0.25) is 0 Å². The van der Waals surface area contributed by atoms with E-state index in [0.717, 1.165) is 13.1 Å². The Labute approximate surface area is 238 Å². The molecule has 1 aliphatic rings. The lowest BCUT2D eigenvalue weighted by atomic mass is 9.81. The van der Waals surface area contributed by atoms with E-state index in [-0.39, 0.29) is 29.2 Å². The van der Waals surface area contributed by atoms with E-state index in [9.17, 15) is 27.5 Å². The third-order valence-electron chi connectivity index (χ3n) is 7.12. The van der Waals surface area contributed by atoms with Gasteiger partial charge >= 0.3 is 5.97 Å². The minimum Gasteiger partial charge on any atom is -0.492 e. The fourth-order valence-electron chi connectivity index (χ4n) is 4.91. The molecule has 10 nitrogen and oxygen atoms in total. The Kier molecular flexibility index (Phi) is 8.95. The van der Waals surface area contributed by atoms with Gasteiger partial charge in [0.2, 0.25) is 15.6 Å². The SMILES string of the molecule is CCN(CC)CCOc1ccc2c(c1)CCN(S(=O)(=O)c1ccc(Oc3ccc(F)cc3)cc1)C2(C(N)=O)C(=O)O. The molecule has 1 unspecified atom stereocenters. The highest BCUT2D eigenvalue weighted by Crippen LogP contribution is 2.41. The number of halogens is 1. The average molecular weight is 586 g/mol. The fourth-order valence-corrected chi connectivity index (χ4v) is 6.60. The largest absolute Gasteiger partial charge is 0.492 e. The van der Waals surface area contributed by atoms with Crippen LogP contribution in [0.5, 0.6) is 17.2 Å². The number of amides is 1. The number of fused-ring (bicyclic) bond motifs is 1. The zero-order valence-corrected chi connectivity index (χ0v) is 23.6. The number of primary amides is 1. The van der Waals surface area contributed by atoms with Crippen LogP contribution in [0.1, 0.15) is 25.0 Å². The summed E-state index contributed by atoms with van der Waals surface area (Å²) < 4.78 is 52.9. The fraction of sp³-hybridized carbons (Fsp3) is 0.310. The average Bonchev–Trinajstić information content (AvgIpc) is 2.95. The van der Waals surface area contributed by atoms with Gasteiger partial charge in [-0.25, -0.2) is 17.6 Å². The molecule has 0 radical (unpaired) electrons. The number of sulfonamides is 1. The summed E-state index contributed by atoms with van der Waals surface area (Å²) in [5.41, 5.74) is 3.44. The van der Waals surface area contributed by atoms with E-state index in [4.69, 9.17) is 15.2 Å². The van der Waals surface area contributed by atoms with Gasteiger partial charge < -0.3 is 25.2 Å². The summed E-state index contributed by atoms with van der Waals surface area (Å²) in [6.45, 7) is 6.64. The first-order chi connectivity index (χ1) is 19.5. The van der Waals surface area contributed by atoms with Crippen LogP contribution in [0.15, 0.2) is 71.6 Å². The molecule has 1 amide bonds. The van der Waals surface area contributed by atoms with Crippen molar-refractivity contribution in [3.8, 4) is 17.2 Å². The van der Waals surface area contributed by atoms with Crippen molar-refractivity contribution in [3.05, 3.63) is 83.7 Å². The Bertz CT molecular complexity index is 1490. The molecule has 0 aliphatic carbocycles. The van der Waals surface area contributed by atoms with E-state index >= 15 is 0 Å². The number of likely N-dealkylation sites (N-methyl/N-ethyl adjacent to an activating group) is 1. The molecule has 1 aliphatic heterocycles. The van der Waals surface area contributed by atoms with Gasteiger partial charge in [0.1, 0.15) is 29.7 Å². The lowest BCUT2D eigenvalue weighted by Gasteiger charge is -2.41. The summed E-state index contributed by atoms with van der Waals surface area (Å²) >= 11 is 0. The van der Waals surface area contributed by atoms with Gasteiger partial charge in [-0.3, -0.25) is 4.79 Å². The van der Waals surface area contributed by atoms with Crippen molar-refractivity contribution in [2.45, 2.75) is 30.7 Å². The first-order valence-electron chi connectivity index (χ1n) is 13.1. The van der Waals surface area contributed by atoms with Gasteiger partial charge in [-0.15, -0.1) is 0 Å². The maximum absolute atomic E-state index is 13.8. The number of hydrogen-bond acceptors (Lipinski definition) is 7. The smallest absolute Gasteiger partial charge is 0.339 e. The Balaban J connectivity index is 1.64. The lowest BCUT2D eigenvalue weighted by molar-refractivity contribution is -0.155. The van der Waals surface area contributed by atoms with Gasteiger partial charge in [0.25, 0.3) is 5.91 Å². The monoisotopic (exact) mass is 585 g/mol. The number of nitrogens with two attached hydrogens (primary N) is 1. The van der Waals surface area contributed by atoms with Crippen LogP contribution in [-0.2, 0) is 31.6 Å². The lowest BCUT2D eigenvalue weighted by Crippen LogP contribution is -2.64. The number of carbonyl (C=O) groups excluding carboxylic acids is 1. The second kappa shape index (κ2) is 12.2. The maximum atomic E-state index is 13.8. The Morgan fingerprint density at radius 3 is 2.15 bits per heavy atom. The highest BCUT2D eigenvalue weighted by molar-refractivity contribution is 7.89. The van der Waals surface area contributed by atoms with Crippen LogP contribution in [0, 0.1) is 5.82 Å². The van der Waals surface area contributed by atoms with Crippen LogP contribution in [0.4, 0.5) is 4.39 Å². The number of aliphatic carboxylic acids is 1. The first-order valence-corrected chi connectivity index (χ1v) is 14.6. The number of nitrogens with zero attached hydrogens (tertiary/aromatic N) is 2. The quantitative estimate of drug-likeness (QED) is 0.309. The summed E-state index contributed by atoms with van der Waals surface area (Å²) in [7, 11) is -4.53.